The largest absolute Gasteiger partial charge is 0.506 e. The van der Waals surface area contributed by atoms with Gasteiger partial charge in [0.2, 0.25) is 0 Å². The van der Waals surface area contributed by atoms with Crippen molar-refractivity contribution in [3.63, 3.8) is 0 Å². The normalized spacial score (nSPS) is 10.3. The van der Waals surface area contributed by atoms with E-state index in [1.54, 1.807) is 12.1 Å². The zero-order valence-corrected chi connectivity index (χ0v) is 10.4. The molecule has 0 aliphatic heterocycles. The van der Waals surface area contributed by atoms with E-state index < -0.39 is 0 Å². The van der Waals surface area contributed by atoms with Crippen molar-refractivity contribution in [3.05, 3.63) is 45.7 Å². The monoisotopic (exact) mass is 311 g/mol. The SMILES string of the molecule is Cc1ccc(-c2nc(I)ccc2O)cc1. The second-order valence-corrected chi connectivity index (χ2v) is 4.47. The Labute approximate surface area is 102 Å². The van der Waals surface area contributed by atoms with Gasteiger partial charge in [-0.1, -0.05) is 29.8 Å². The van der Waals surface area contributed by atoms with E-state index in [-0.39, 0.29) is 5.75 Å². The van der Waals surface area contributed by atoms with Crippen molar-refractivity contribution in [2.45, 2.75) is 6.92 Å². The summed E-state index contributed by atoms with van der Waals surface area (Å²) in [5.41, 5.74) is 2.78. The molecule has 0 unspecified atom stereocenters. The Hall–Kier alpha value is -1.10. The van der Waals surface area contributed by atoms with Crippen LogP contribution in [0.1, 0.15) is 5.56 Å². The molecule has 15 heavy (non-hydrogen) atoms. The lowest BCUT2D eigenvalue weighted by atomic mass is 10.1. The van der Waals surface area contributed by atoms with Crippen LogP contribution in [-0.2, 0) is 0 Å². The lowest BCUT2D eigenvalue weighted by Crippen LogP contribution is -1.87. The van der Waals surface area contributed by atoms with Gasteiger partial charge in [-0.25, -0.2) is 4.98 Å². The van der Waals surface area contributed by atoms with Crippen LogP contribution in [0.15, 0.2) is 36.4 Å². The molecule has 1 aromatic heterocycles. The number of pyridine rings is 1. The molecule has 2 nitrogen and oxygen atoms in total. The van der Waals surface area contributed by atoms with E-state index in [2.05, 4.69) is 27.6 Å². The number of hydrogen-bond acceptors (Lipinski definition) is 2. The molecule has 0 amide bonds. The molecule has 1 aromatic carbocycles. The average molecular weight is 311 g/mol. The summed E-state index contributed by atoms with van der Waals surface area (Å²) >= 11 is 2.13. The van der Waals surface area contributed by atoms with Crippen molar-refractivity contribution >= 4 is 22.6 Å². The number of aromatic hydroxyl groups is 1. The first-order valence-electron chi connectivity index (χ1n) is 4.59. The molecule has 0 saturated heterocycles. The molecule has 2 rings (SSSR count). The Morgan fingerprint density at radius 2 is 1.73 bits per heavy atom. The molecule has 3 heteroatoms. The molecule has 76 valence electrons. The Morgan fingerprint density at radius 3 is 2.40 bits per heavy atom. The van der Waals surface area contributed by atoms with Crippen LogP contribution < -0.4 is 0 Å². The number of rotatable bonds is 1. The van der Waals surface area contributed by atoms with E-state index in [0.717, 1.165) is 9.26 Å². The van der Waals surface area contributed by atoms with E-state index in [4.69, 9.17) is 0 Å². The summed E-state index contributed by atoms with van der Waals surface area (Å²) in [7, 11) is 0. The van der Waals surface area contributed by atoms with Crippen LogP contribution in [0.2, 0.25) is 0 Å². The lowest BCUT2D eigenvalue weighted by Gasteiger charge is -2.04. The molecule has 0 aliphatic carbocycles. The summed E-state index contributed by atoms with van der Waals surface area (Å²) in [4.78, 5) is 4.31. The van der Waals surface area contributed by atoms with Gasteiger partial charge in [-0.2, -0.15) is 0 Å². The van der Waals surface area contributed by atoms with Crippen molar-refractivity contribution in [1.82, 2.24) is 4.98 Å². The summed E-state index contributed by atoms with van der Waals surface area (Å²) in [6, 6.07) is 11.4. The first kappa shape index (κ1) is 10.4. The Morgan fingerprint density at radius 1 is 1.07 bits per heavy atom. The maximum atomic E-state index is 9.69. The summed E-state index contributed by atoms with van der Waals surface area (Å²) in [5.74, 6) is 0.222. The fourth-order valence-corrected chi connectivity index (χ4v) is 1.77. The smallest absolute Gasteiger partial charge is 0.141 e. The zero-order valence-electron chi connectivity index (χ0n) is 8.24. The third-order valence-electron chi connectivity index (χ3n) is 2.16. The van der Waals surface area contributed by atoms with Crippen LogP contribution in [0.3, 0.4) is 0 Å². The predicted molar refractivity (Wildman–Crippen MR) is 68.8 cm³/mol. The number of halogens is 1. The van der Waals surface area contributed by atoms with E-state index in [9.17, 15) is 5.11 Å². The average Bonchev–Trinajstić information content (AvgIpc) is 2.23. The van der Waals surface area contributed by atoms with Crippen LogP contribution in [0.4, 0.5) is 0 Å². The van der Waals surface area contributed by atoms with Crippen molar-refractivity contribution in [3.8, 4) is 17.0 Å². The van der Waals surface area contributed by atoms with Gasteiger partial charge >= 0.3 is 0 Å². The molecular weight excluding hydrogens is 301 g/mol. The molecule has 1 heterocycles. The van der Waals surface area contributed by atoms with Crippen LogP contribution in [0.25, 0.3) is 11.3 Å². The van der Waals surface area contributed by atoms with Gasteiger partial charge < -0.3 is 5.11 Å². The summed E-state index contributed by atoms with van der Waals surface area (Å²) < 4.78 is 0.876. The fourth-order valence-electron chi connectivity index (χ4n) is 1.35. The lowest BCUT2D eigenvalue weighted by molar-refractivity contribution is 0.475. The summed E-state index contributed by atoms with van der Waals surface area (Å²) in [6.45, 7) is 2.03. The van der Waals surface area contributed by atoms with Crippen molar-refractivity contribution in [2.24, 2.45) is 0 Å². The van der Waals surface area contributed by atoms with Crippen LogP contribution in [0.5, 0.6) is 5.75 Å². The first-order valence-corrected chi connectivity index (χ1v) is 5.67. The molecule has 0 bridgehead atoms. The van der Waals surface area contributed by atoms with Gasteiger partial charge in [0.15, 0.2) is 0 Å². The van der Waals surface area contributed by atoms with E-state index in [1.165, 1.54) is 5.56 Å². The number of hydrogen-bond donors (Lipinski definition) is 1. The Balaban J connectivity index is 2.53. The fraction of sp³-hybridized carbons (Fsp3) is 0.0833. The minimum Gasteiger partial charge on any atom is -0.506 e. The van der Waals surface area contributed by atoms with Crippen LogP contribution >= 0.6 is 22.6 Å². The van der Waals surface area contributed by atoms with E-state index in [0.29, 0.717) is 5.69 Å². The second kappa shape index (κ2) is 4.18. The number of aryl methyl sites for hydroxylation is 1. The highest BCUT2D eigenvalue weighted by molar-refractivity contribution is 14.1. The Bertz CT molecular complexity index is 479. The molecule has 0 spiro atoms. The second-order valence-electron chi connectivity index (χ2n) is 3.37. The molecule has 0 atom stereocenters. The van der Waals surface area contributed by atoms with Gasteiger partial charge in [0.05, 0.1) is 0 Å². The van der Waals surface area contributed by atoms with Gasteiger partial charge in [0.25, 0.3) is 0 Å². The van der Waals surface area contributed by atoms with E-state index in [1.807, 2.05) is 31.2 Å². The van der Waals surface area contributed by atoms with Crippen molar-refractivity contribution in [2.75, 3.05) is 0 Å². The molecule has 1 N–H and O–H groups in total. The van der Waals surface area contributed by atoms with Gasteiger partial charge in [0.1, 0.15) is 15.1 Å². The van der Waals surface area contributed by atoms with Crippen molar-refractivity contribution in [1.29, 1.82) is 0 Å². The minimum absolute atomic E-state index is 0.222. The quantitative estimate of drug-likeness (QED) is 0.647. The van der Waals surface area contributed by atoms with Crippen LogP contribution in [0, 0.1) is 10.6 Å². The summed E-state index contributed by atoms with van der Waals surface area (Å²) in [6.07, 6.45) is 0. The van der Waals surface area contributed by atoms with E-state index >= 15 is 0 Å². The molecular formula is C12H10INO. The van der Waals surface area contributed by atoms with Crippen LogP contribution in [-0.4, -0.2) is 10.1 Å². The maximum absolute atomic E-state index is 9.69. The molecule has 0 saturated carbocycles. The first-order chi connectivity index (χ1) is 7.16. The van der Waals surface area contributed by atoms with Crippen molar-refractivity contribution < 1.29 is 5.11 Å². The topological polar surface area (TPSA) is 33.1 Å². The zero-order chi connectivity index (χ0) is 10.8. The number of benzene rings is 1. The number of nitrogens with zero attached hydrogens (tertiary/aromatic N) is 1. The molecule has 2 aromatic rings. The van der Waals surface area contributed by atoms with Gasteiger partial charge in [-0.05, 0) is 41.6 Å². The third-order valence-corrected chi connectivity index (χ3v) is 2.77. The molecule has 0 fully saturated rings. The highest BCUT2D eigenvalue weighted by Gasteiger charge is 2.05. The van der Waals surface area contributed by atoms with Gasteiger partial charge in [-0.15, -0.1) is 0 Å². The third kappa shape index (κ3) is 2.28. The predicted octanol–water partition coefficient (Wildman–Crippen LogP) is 3.37. The maximum Gasteiger partial charge on any atom is 0.141 e. The summed E-state index contributed by atoms with van der Waals surface area (Å²) in [5, 5.41) is 9.69. The Kier molecular flexibility index (Phi) is 2.90. The highest BCUT2D eigenvalue weighted by atomic mass is 127. The minimum atomic E-state index is 0.222. The standard InChI is InChI=1S/C12H10INO/c1-8-2-4-9(5-3-8)12-10(15)6-7-11(13)14-12/h2-7,15H,1H3. The molecule has 0 aliphatic rings. The van der Waals surface area contributed by atoms with Gasteiger partial charge in [0, 0.05) is 5.56 Å². The highest BCUT2D eigenvalue weighted by Crippen LogP contribution is 2.27. The number of aromatic nitrogens is 1. The van der Waals surface area contributed by atoms with Gasteiger partial charge in [-0.3, -0.25) is 0 Å². The molecule has 0 radical (unpaired) electrons.